The van der Waals surface area contributed by atoms with Gasteiger partial charge in [-0.05, 0) is 30.5 Å². The Morgan fingerprint density at radius 2 is 1.42 bits per heavy atom. The highest BCUT2D eigenvalue weighted by Crippen LogP contribution is 2.41. The standard InChI is InChI=1S/C19H20N2O2S/c1-21-18(14-10-6-8-12-16(14)23-3)17(20-19(21)24-4)13-9-5-7-11-15(13)22-2/h5-12H,1-4H3. The molecule has 124 valence electrons. The van der Waals surface area contributed by atoms with Crippen molar-refractivity contribution < 1.29 is 9.47 Å². The molecule has 0 N–H and O–H groups in total. The number of benzene rings is 2. The van der Waals surface area contributed by atoms with Crippen LogP contribution in [0, 0.1) is 0 Å². The van der Waals surface area contributed by atoms with Gasteiger partial charge in [-0.1, -0.05) is 36.0 Å². The Morgan fingerprint density at radius 1 is 0.875 bits per heavy atom. The van der Waals surface area contributed by atoms with Gasteiger partial charge < -0.3 is 14.0 Å². The van der Waals surface area contributed by atoms with Crippen molar-refractivity contribution in [2.75, 3.05) is 20.5 Å². The van der Waals surface area contributed by atoms with Gasteiger partial charge in [0.1, 0.15) is 17.2 Å². The van der Waals surface area contributed by atoms with Crippen LogP contribution in [0.3, 0.4) is 0 Å². The normalized spacial score (nSPS) is 10.7. The van der Waals surface area contributed by atoms with Gasteiger partial charge in [0.2, 0.25) is 0 Å². The van der Waals surface area contributed by atoms with Gasteiger partial charge in [-0.3, -0.25) is 0 Å². The van der Waals surface area contributed by atoms with Gasteiger partial charge in [0, 0.05) is 18.2 Å². The number of rotatable bonds is 5. The van der Waals surface area contributed by atoms with Crippen molar-refractivity contribution in [3.8, 4) is 34.0 Å². The molecule has 4 nitrogen and oxygen atoms in total. The molecule has 0 aliphatic rings. The van der Waals surface area contributed by atoms with Gasteiger partial charge in [0.05, 0.1) is 19.9 Å². The van der Waals surface area contributed by atoms with Crippen LogP contribution in [-0.2, 0) is 7.05 Å². The summed E-state index contributed by atoms with van der Waals surface area (Å²) in [4.78, 5) is 4.85. The van der Waals surface area contributed by atoms with E-state index in [9.17, 15) is 0 Å². The van der Waals surface area contributed by atoms with E-state index in [1.54, 1.807) is 26.0 Å². The zero-order valence-electron chi connectivity index (χ0n) is 14.2. The number of hydrogen-bond donors (Lipinski definition) is 0. The van der Waals surface area contributed by atoms with Gasteiger partial charge in [0.15, 0.2) is 5.16 Å². The summed E-state index contributed by atoms with van der Waals surface area (Å²) in [7, 11) is 5.40. The smallest absolute Gasteiger partial charge is 0.168 e. The third-order valence-corrected chi connectivity index (χ3v) is 4.69. The fourth-order valence-electron chi connectivity index (χ4n) is 2.84. The maximum atomic E-state index is 5.57. The zero-order valence-corrected chi connectivity index (χ0v) is 15.1. The Labute approximate surface area is 146 Å². The number of para-hydroxylation sites is 2. The highest BCUT2D eigenvalue weighted by atomic mass is 32.2. The van der Waals surface area contributed by atoms with Crippen molar-refractivity contribution in [2.24, 2.45) is 7.05 Å². The molecule has 0 unspecified atom stereocenters. The summed E-state index contributed by atoms with van der Waals surface area (Å²) in [5, 5.41) is 0.941. The molecule has 24 heavy (non-hydrogen) atoms. The molecule has 2 aromatic carbocycles. The molecule has 0 saturated carbocycles. The van der Waals surface area contributed by atoms with E-state index >= 15 is 0 Å². The van der Waals surface area contributed by atoms with Crippen LogP contribution < -0.4 is 9.47 Å². The molecule has 1 aromatic heterocycles. The number of nitrogens with zero attached hydrogens (tertiary/aromatic N) is 2. The fourth-order valence-corrected chi connectivity index (χ4v) is 3.38. The molecule has 5 heteroatoms. The number of hydrogen-bond acceptors (Lipinski definition) is 4. The summed E-state index contributed by atoms with van der Waals surface area (Å²) in [5.74, 6) is 1.63. The summed E-state index contributed by atoms with van der Waals surface area (Å²) >= 11 is 1.62. The molecule has 3 rings (SSSR count). The van der Waals surface area contributed by atoms with Gasteiger partial charge >= 0.3 is 0 Å². The van der Waals surface area contributed by atoms with Crippen LogP contribution in [0.2, 0.25) is 0 Å². The monoisotopic (exact) mass is 340 g/mol. The van der Waals surface area contributed by atoms with Crippen molar-refractivity contribution in [1.82, 2.24) is 9.55 Å². The van der Waals surface area contributed by atoms with Crippen LogP contribution in [0.5, 0.6) is 11.5 Å². The Bertz CT molecular complexity index is 858. The highest BCUT2D eigenvalue weighted by molar-refractivity contribution is 7.98. The Morgan fingerprint density at radius 3 is 2.00 bits per heavy atom. The van der Waals surface area contributed by atoms with Crippen LogP contribution in [0.25, 0.3) is 22.5 Å². The van der Waals surface area contributed by atoms with E-state index in [-0.39, 0.29) is 0 Å². The maximum absolute atomic E-state index is 5.57. The minimum Gasteiger partial charge on any atom is -0.496 e. The van der Waals surface area contributed by atoms with E-state index in [1.165, 1.54) is 0 Å². The van der Waals surface area contributed by atoms with E-state index in [1.807, 2.05) is 55.8 Å². The molecule has 0 amide bonds. The maximum Gasteiger partial charge on any atom is 0.168 e. The molecule has 0 aliphatic carbocycles. The largest absolute Gasteiger partial charge is 0.496 e. The number of imidazole rings is 1. The molecule has 0 radical (unpaired) electrons. The van der Waals surface area contributed by atoms with Crippen LogP contribution in [0.15, 0.2) is 53.7 Å². The number of ether oxygens (including phenoxy) is 2. The van der Waals surface area contributed by atoms with Gasteiger partial charge in [-0.25, -0.2) is 4.98 Å². The van der Waals surface area contributed by atoms with Gasteiger partial charge in [-0.2, -0.15) is 0 Å². The topological polar surface area (TPSA) is 36.3 Å². The molecule has 1 heterocycles. The SMILES string of the molecule is COc1ccccc1-c1nc(SC)n(C)c1-c1ccccc1OC. The lowest BCUT2D eigenvalue weighted by Gasteiger charge is -2.13. The second-order valence-corrected chi connectivity index (χ2v) is 6.03. The molecule has 0 fully saturated rings. The molecular weight excluding hydrogens is 320 g/mol. The lowest BCUT2D eigenvalue weighted by Crippen LogP contribution is -1.97. The first-order chi connectivity index (χ1) is 11.7. The van der Waals surface area contributed by atoms with E-state index < -0.39 is 0 Å². The average Bonchev–Trinajstić information content (AvgIpc) is 2.97. The summed E-state index contributed by atoms with van der Waals surface area (Å²) in [5.41, 5.74) is 3.89. The Hall–Kier alpha value is -2.40. The average molecular weight is 340 g/mol. The van der Waals surface area contributed by atoms with E-state index in [0.717, 1.165) is 39.2 Å². The zero-order chi connectivity index (χ0) is 17.1. The van der Waals surface area contributed by atoms with Crippen LogP contribution in [-0.4, -0.2) is 30.0 Å². The van der Waals surface area contributed by atoms with Crippen LogP contribution >= 0.6 is 11.8 Å². The minimum atomic E-state index is 0.805. The molecule has 0 bridgehead atoms. The summed E-state index contributed by atoms with van der Waals surface area (Å²) in [6, 6.07) is 15.9. The van der Waals surface area contributed by atoms with E-state index in [4.69, 9.17) is 14.5 Å². The summed E-state index contributed by atoms with van der Waals surface area (Å²) < 4.78 is 13.2. The second kappa shape index (κ2) is 7.01. The molecule has 0 saturated heterocycles. The third-order valence-electron chi connectivity index (χ3n) is 3.96. The molecule has 0 aliphatic heterocycles. The molecule has 0 spiro atoms. The number of aromatic nitrogens is 2. The number of thioether (sulfide) groups is 1. The van der Waals surface area contributed by atoms with E-state index in [2.05, 4.69) is 10.6 Å². The molecule has 3 aromatic rings. The van der Waals surface area contributed by atoms with Crippen molar-refractivity contribution in [3.63, 3.8) is 0 Å². The second-order valence-electron chi connectivity index (χ2n) is 5.26. The first-order valence-corrected chi connectivity index (χ1v) is 8.81. The number of methoxy groups -OCH3 is 2. The van der Waals surface area contributed by atoms with Crippen molar-refractivity contribution in [2.45, 2.75) is 5.16 Å². The molecule has 0 atom stereocenters. The first-order valence-electron chi connectivity index (χ1n) is 7.58. The first kappa shape index (κ1) is 16.5. The Kier molecular flexibility index (Phi) is 4.81. The quantitative estimate of drug-likeness (QED) is 0.641. The Balaban J connectivity index is 2.32. The summed E-state index contributed by atoms with van der Waals surface area (Å²) in [6.07, 6.45) is 2.03. The predicted octanol–water partition coefficient (Wildman–Crippen LogP) is 4.49. The lowest BCUT2D eigenvalue weighted by molar-refractivity contribution is 0.415. The van der Waals surface area contributed by atoms with Crippen molar-refractivity contribution in [3.05, 3.63) is 48.5 Å². The highest BCUT2D eigenvalue weighted by Gasteiger charge is 2.22. The van der Waals surface area contributed by atoms with Crippen LogP contribution in [0.4, 0.5) is 0 Å². The lowest BCUT2D eigenvalue weighted by atomic mass is 10.0. The third kappa shape index (κ3) is 2.76. The fraction of sp³-hybridized carbons (Fsp3) is 0.211. The van der Waals surface area contributed by atoms with Gasteiger partial charge in [-0.15, -0.1) is 0 Å². The van der Waals surface area contributed by atoms with Crippen LogP contribution in [0.1, 0.15) is 0 Å². The summed E-state index contributed by atoms with van der Waals surface area (Å²) in [6.45, 7) is 0. The molecular formula is C19H20N2O2S. The van der Waals surface area contributed by atoms with Crippen molar-refractivity contribution in [1.29, 1.82) is 0 Å². The predicted molar refractivity (Wildman–Crippen MR) is 99.0 cm³/mol. The van der Waals surface area contributed by atoms with Gasteiger partial charge in [0.25, 0.3) is 0 Å². The van der Waals surface area contributed by atoms with E-state index in [0.29, 0.717) is 0 Å². The van der Waals surface area contributed by atoms with Crippen molar-refractivity contribution >= 4 is 11.8 Å². The minimum absolute atomic E-state index is 0.805.